The molecule has 0 unspecified atom stereocenters. The molecule has 41 heavy (non-hydrogen) atoms. The number of phenolic OH excluding ortho intramolecular Hbond substituents is 2. The van der Waals surface area contributed by atoms with Crippen LogP contribution in [0.3, 0.4) is 0 Å². The summed E-state index contributed by atoms with van der Waals surface area (Å²) in [6, 6.07) is 4.75. The molecule has 0 atom stereocenters. The van der Waals surface area contributed by atoms with Crippen molar-refractivity contribution in [3.8, 4) is 11.5 Å². The Morgan fingerprint density at radius 3 is 1.07 bits per heavy atom. The van der Waals surface area contributed by atoms with E-state index in [4.69, 9.17) is 0 Å². The molecule has 2 rings (SSSR count). The number of aromatic hydroxyl groups is 2. The molecule has 14 heteroatoms. The van der Waals surface area contributed by atoms with E-state index < -0.39 is 46.9 Å². The molecule has 0 aliphatic carbocycles. The highest BCUT2D eigenvalue weighted by molar-refractivity contribution is 6.08. The van der Waals surface area contributed by atoms with E-state index in [1.807, 2.05) is 0 Å². The summed E-state index contributed by atoms with van der Waals surface area (Å²) in [4.78, 5) is 73.7. The summed E-state index contributed by atoms with van der Waals surface area (Å²) in [6.07, 6.45) is 1.57. The molecular formula is C27H34N6O8. The number of phenols is 2. The van der Waals surface area contributed by atoms with Crippen molar-refractivity contribution in [2.24, 2.45) is 0 Å². The van der Waals surface area contributed by atoms with E-state index in [9.17, 15) is 39.0 Å². The lowest BCUT2D eigenvalue weighted by atomic mass is 10.0. The Labute approximate surface area is 236 Å². The summed E-state index contributed by atoms with van der Waals surface area (Å²) in [5.74, 6) is -4.86. The average Bonchev–Trinajstić information content (AvgIpc) is 2.98. The lowest BCUT2D eigenvalue weighted by Gasteiger charge is -2.13. The number of carbonyl (C=O) groups is 6. The van der Waals surface area contributed by atoms with Gasteiger partial charge in [0.1, 0.15) is 11.5 Å². The molecule has 8 N–H and O–H groups in total. The number of carbonyl (C=O) groups excluding carboxylic acids is 6. The van der Waals surface area contributed by atoms with E-state index in [-0.39, 0.29) is 46.5 Å². The van der Waals surface area contributed by atoms with Gasteiger partial charge in [0, 0.05) is 52.4 Å². The molecule has 0 heterocycles. The highest BCUT2D eigenvalue weighted by Crippen LogP contribution is 2.26. The van der Waals surface area contributed by atoms with Crippen molar-refractivity contribution in [2.45, 2.75) is 19.3 Å². The molecule has 220 valence electrons. The summed E-state index contributed by atoms with van der Waals surface area (Å²) < 4.78 is 0. The van der Waals surface area contributed by atoms with Gasteiger partial charge >= 0.3 is 0 Å². The molecule has 0 saturated carbocycles. The second-order valence-electron chi connectivity index (χ2n) is 8.73. The second kappa shape index (κ2) is 14.9. The fourth-order valence-electron chi connectivity index (χ4n) is 3.80. The average molecular weight is 571 g/mol. The van der Waals surface area contributed by atoms with Crippen molar-refractivity contribution in [1.82, 2.24) is 31.9 Å². The van der Waals surface area contributed by atoms with Gasteiger partial charge < -0.3 is 42.1 Å². The van der Waals surface area contributed by atoms with Crippen LogP contribution in [0, 0.1) is 0 Å². The molecule has 0 radical (unpaired) electrons. The van der Waals surface area contributed by atoms with Crippen LogP contribution in [0.5, 0.6) is 11.5 Å². The summed E-state index contributed by atoms with van der Waals surface area (Å²) in [7, 11) is 5.49. The Kier molecular flexibility index (Phi) is 11.6. The molecule has 2 aromatic rings. The van der Waals surface area contributed by atoms with Gasteiger partial charge in [0.05, 0.1) is 22.3 Å². The van der Waals surface area contributed by atoms with Crippen LogP contribution in [0.25, 0.3) is 0 Å². The van der Waals surface area contributed by atoms with Gasteiger partial charge in [0.2, 0.25) is 0 Å². The summed E-state index contributed by atoms with van der Waals surface area (Å²) in [6.45, 7) is 0.409. The minimum Gasteiger partial charge on any atom is -0.506 e. The number of rotatable bonds is 12. The fraction of sp³-hybridized carbons (Fsp3) is 0.333. The van der Waals surface area contributed by atoms with Crippen molar-refractivity contribution >= 4 is 35.4 Å². The number of amides is 6. The first-order chi connectivity index (χ1) is 19.5. The molecule has 0 spiro atoms. The molecular weight excluding hydrogens is 536 g/mol. The lowest BCUT2D eigenvalue weighted by Crippen LogP contribution is -2.28. The zero-order valence-corrected chi connectivity index (χ0v) is 23.2. The molecule has 2 aromatic carbocycles. The van der Waals surface area contributed by atoms with Gasteiger partial charge in [0.15, 0.2) is 0 Å². The Hall–Kier alpha value is -5.14. The van der Waals surface area contributed by atoms with Crippen molar-refractivity contribution in [3.05, 3.63) is 57.6 Å². The second-order valence-corrected chi connectivity index (χ2v) is 8.73. The molecule has 0 fully saturated rings. The molecule has 0 saturated heterocycles. The largest absolute Gasteiger partial charge is 0.506 e. The van der Waals surface area contributed by atoms with Gasteiger partial charge in [-0.1, -0.05) is 0 Å². The Morgan fingerprint density at radius 2 is 0.780 bits per heavy atom. The van der Waals surface area contributed by atoms with Gasteiger partial charge in [-0.05, 0) is 43.5 Å². The predicted molar refractivity (Wildman–Crippen MR) is 148 cm³/mol. The van der Waals surface area contributed by atoms with Crippen molar-refractivity contribution in [2.75, 3.05) is 41.3 Å². The summed E-state index contributed by atoms with van der Waals surface area (Å²) in [5.41, 5.74) is -0.843. The maximum atomic E-state index is 12.7. The zero-order chi connectivity index (χ0) is 30.7. The van der Waals surface area contributed by atoms with E-state index in [0.717, 1.165) is 0 Å². The molecule has 14 nitrogen and oxygen atoms in total. The van der Waals surface area contributed by atoms with E-state index in [2.05, 4.69) is 31.9 Å². The number of nitrogens with one attached hydrogen (secondary N) is 6. The zero-order valence-electron chi connectivity index (χ0n) is 23.2. The molecule has 0 aliphatic rings. The van der Waals surface area contributed by atoms with E-state index >= 15 is 0 Å². The quantitative estimate of drug-likeness (QED) is 0.160. The topological polar surface area (TPSA) is 215 Å². The van der Waals surface area contributed by atoms with Crippen LogP contribution >= 0.6 is 0 Å². The van der Waals surface area contributed by atoms with Crippen LogP contribution in [0.1, 0.15) is 81.4 Å². The van der Waals surface area contributed by atoms with Gasteiger partial charge in [-0.2, -0.15) is 0 Å². The van der Waals surface area contributed by atoms with Crippen LogP contribution in [0.15, 0.2) is 24.3 Å². The third-order valence-electron chi connectivity index (χ3n) is 6.06. The Bertz CT molecular complexity index is 1260. The first kappa shape index (κ1) is 32.1. The van der Waals surface area contributed by atoms with Gasteiger partial charge in [-0.25, -0.2) is 0 Å². The van der Waals surface area contributed by atoms with Crippen LogP contribution in [0.4, 0.5) is 0 Å². The Morgan fingerprint density at radius 1 is 0.488 bits per heavy atom. The highest BCUT2D eigenvalue weighted by atomic mass is 16.3. The number of hydrogen-bond acceptors (Lipinski definition) is 8. The third-order valence-corrected chi connectivity index (χ3v) is 6.06. The predicted octanol–water partition coefficient (Wildman–Crippen LogP) is -0.134. The molecule has 0 bridgehead atoms. The third kappa shape index (κ3) is 7.94. The molecule has 0 aliphatic heterocycles. The minimum atomic E-state index is -0.676. The number of unbranched alkanes of at least 4 members (excludes halogenated alkanes) is 2. The normalized spacial score (nSPS) is 10.2. The van der Waals surface area contributed by atoms with E-state index in [1.54, 1.807) is 0 Å². The number of hydrogen-bond donors (Lipinski definition) is 8. The molecule has 6 amide bonds. The van der Waals surface area contributed by atoms with E-state index in [0.29, 0.717) is 19.3 Å². The first-order valence-electron chi connectivity index (χ1n) is 12.7. The maximum absolute atomic E-state index is 12.7. The van der Waals surface area contributed by atoms with Crippen molar-refractivity contribution in [1.29, 1.82) is 0 Å². The maximum Gasteiger partial charge on any atom is 0.255 e. The van der Waals surface area contributed by atoms with Crippen LogP contribution in [-0.4, -0.2) is 86.9 Å². The monoisotopic (exact) mass is 570 g/mol. The SMILES string of the molecule is CNC(=O)c1cc(C(=O)NC)c(O)c(C(=O)NCCCCCNC(=O)c2cc(C(=O)NC)cc(C(=O)NC)c2O)c1. The van der Waals surface area contributed by atoms with Crippen LogP contribution < -0.4 is 31.9 Å². The van der Waals surface area contributed by atoms with Gasteiger partial charge in [-0.3, -0.25) is 28.8 Å². The van der Waals surface area contributed by atoms with Crippen molar-refractivity contribution < 1.29 is 39.0 Å². The smallest absolute Gasteiger partial charge is 0.255 e. The van der Waals surface area contributed by atoms with Gasteiger partial charge in [-0.15, -0.1) is 0 Å². The highest BCUT2D eigenvalue weighted by Gasteiger charge is 2.23. The van der Waals surface area contributed by atoms with Crippen LogP contribution in [-0.2, 0) is 0 Å². The standard InChI is InChI=1S/C27H34N6O8/c1-28-22(36)14-10-16(24(38)30-3)20(34)18(12-14)26(40)32-8-6-5-7-9-33-27(41)19-13-15(23(37)29-2)11-17(21(19)35)25(39)31-4/h10-13,34-35H,5-9H2,1-4H3,(H,28,36)(H,29,37)(H,30,38)(H,31,39)(H,32,40)(H,33,41). The fourth-order valence-corrected chi connectivity index (χ4v) is 3.80. The lowest BCUT2D eigenvalue weighted by molar-refractivity contribution is 0.0932. The van der Waals surface area contributed by atoms with Crippen LogP contribution in [0.2, 0.25) is 0 Å². The minimum absolute atomic E-state index is 0.0270. The van der Waals surface area contributed by atoms with Crippen molar-refractivity contribution in [3.63, 3.8) is 0 Å². The van der Waals surface area contributed by atoms with E-state index in [1.165, 1.54) is 52.5 Å². The Balaban J connectivity index is 1.95. The number of benzene rings is 2. The molecule has 0 aromatic heterocycles. The summed E-state index contributed by atoms with van der Waals surface area (Å²) >= 11 is 0. The summed E-state index contributed by atoms with van der Waals surface area (Å²) in [5, 5.41) is 35.6. The first-order valence-corrected chi connectivity index (χ1v) is 12.7. The van der Waals surface area contributed by atoms with Gasteiger partial charge in [0.25, 0.3) is 35.4 Å².